The minimum atomic E-state index is 0.388. The number of rotatable bonds is 4. The lowest BCUT2D eigenvalue weighted by atomic mass is 10.2. The minimum absolute atomic E-state index is 0.388. The quantitative estimate of drug-likeness (QED) is 0.904. The summed E-state index contributed by atoms with van der Waals surface area (Å²) in [5.74, 6) is 0. The second-order valence-corrected chi connectivity index (χ2v) is 5.04. The SMILES string of the molecule is NCc1nc(Br)n(Cc2ccc(Cl)cc2)c1CN. The maximum absolute atomic E-state index is 5.87. The van der Waals surface area contributed by atoms with Crippen LogP contribution in [0.25, 0.3) is 0 Å². The molecule has 0 aliphatic heterocycles. The van der Waals surface area contributed by atoms with E-state index >= 15 is 0 Å². The average molecular weight is 330 g/mol. The smallest absolute Gasteiger partial charge is 0.177 e. The van der Waals surface area contributed by atoms with Gasteiger partial charge < -0.3 is 16.0 Å². The third-order valence-corrected chi connectivity index (χ3v) is 3.61. The van der Waals surface area contributed by atoms with Crippen molar-refractivity contribution >= 4 is 27.5 Å². The molecule has 0 saturated carbocycles. The molecule has 4 N–H and O–H groups in total. The molecule has 4 nitrogen and oxygen atoms in total. The van der Waals surface area contributed by atoms with E-state index in [1.54, 1.807) is 0 Å². The highest BCUT2D eigenvalue weighted by Crippen LogP contribution is 2.19. The fraction of sp³-hybridized carbons (Fsp3) is 0.250. The van der Waals surface area contributed by atoms with E-state index in [4.69, 9.17) is 23.1 Å². The molecule has 0 radical (unpaired) electrons. The molecule has 0 bridgehead atoms. The summed E-state index contributed by atoms with van der Waals surface area (Å²) in [6.07, 6.45) is 0. The van der Waals surface area contributed by atoms with Crippen LogP contribution in [0.2, 0.25) is 5.02 Å². The molecule has 0 atom stereocenters. The highest BCUT2D eigenvalue weighted by Gasteiger charge is 2.13. The fourth-order valence-electron chi connectivity index (χ4n) is 1.83. The van der Waals surface area contributed by atoms with Gasteiger partial charge >= 0.3 is 0 Å². The maximum atomic E-state index is 5.87. The number of halogens is 2. The molecular weight excluding hydrogens is 316 g/mol. The largest absolute Gasteiger partial charge is 0.325 e. The van der Waals surface area contributed by atoms with Gasteiger partial charge in [0.25, 0.3) is 0 Å². The van der Waals surface area contributed by atoms with Crippen molar-refractivity contribution in [3.8, 4) is 0 Å². The first-order chi connectivity index (χ1) is 8.65. The molecule has 2 rings (SSSR count). The van der Waals surface area contributed by atoms with Crippen molar-refractivity contribution in [2.75, 3.05) is 0 Å². The second kappa shape index (κ2) is 5.84. The molecule has 18 heavy (non-hydrogen) atoms. The molecular formula is C12H14BrClN4. The van der Waals surface area contributed by atoms with Crippen LogP contribution in [0.5, 0.6) is 0 Å². The van der Waals surface area contributed by atoms with Crippen LogP contribution in [-0.4, -0.2) is 9.55 Å². The normalized spacial score (nSPS) is 10.9. The van der Waals surface area contributed by atoms with Gasteiger partial charge in [0.05, 0.1) is 11.4 Å². The van der Waals surface area contributed by atoms with Crippen molar-refractivity contribution in [1.29, 1.82) is 0 Å². The Morgan fingerprint density at radius 2 is 1.83 bits per heavy atom. The number of hydrogen-bond acceptors (Lipinski definition) is 3. The minimum Gasteiger partial charge on any atom is -0.325 e. The van der Waals surface area contributed by atoms with Crippen LogP contribution in [-0.2, 0) is 19.6 Å². The molecule has 1 aromatic heterocycles. The third kappa shape index (κ3) is 2.75. The molecule has 0 saturated heterocycles. The summed E-state index contributed by atoms with van der Waals surface area (Å²) in [7, 11) is 0. The Kier molecular flexibility index (Phi) is 4.40. The molecule has 0 unspecified atom stereocenters. The number of aromatic nitrogens is 2. The summed E-state index contributed by atoms with van der Waals surface area (Å²) < 4.78 is 2.77. The number of hydrogen-bond donors (Lipinski definition) is 2. The van der Waals surface area contributed by atoms with Gasteiger partial charge in [-0.2, -0.15) is 0 Å². The van der Waals surface area contributed by atoms with Crippen molar-refractivity contribution < 1.29 is 0 Å². The lowest BCUT2D eigenvalue weighted by Crippen LogP contribution is -2.12. The van der Waals surface area contributed by atoms with Crippen LogP contribution >= 0.6 is 27.5 Å². The summed E-state index contributed by atoms with van der Waals surface area (Å²) in [6, 6.07) is 7.70. The summed E-state index contributed by atoms with van der Waals surface area (Å²) in [5, 5.41) is 0.727. The maximum Gasteiger partial charge on any atom is 0.177 e. The first-order valence-electron chi connectivity index (χ1n) is 5.54. The summed E-state index contributed by atoms with van der Waals surface area (Å²) >= 11 is 9.30. The van der Waals surface area contributed by atoms with Crippen LogP contribution in [0.1, 0.15) is 17.0 Å². The summed E-state index contributed by atoms with van der Waals surface area (Å²) in [4.78, 5) is 4.36. The van der Waals surface area contributed by atoms with Crippen molar-refractivity contribution in [3.63, 3.8) is 0 Å². The summed E-state index contributed by atoms with van der Waals surface area (Å²) in [5.41, 5.74) is 14.3. The fourth-order valence-corrected chi connectivity index (χ4v) is 2.51. The van der Waals surface area contributed by atoms with Crippen molar-refractivity contribution in [3.05, 3.63) is 51.0 Å². The van der Waals surface area contributed by atoms with E-state index in [0.717, 1.165) is 26.7 Å². The van der Waals surface area contributed by atoms with Crippen LogP contribution in [0.4, 0.5) is 0 Å². The van der Waals surface area contributed by atoms with Crippen molar-refractivity contribution in [2.24, 2.45) is 11.5 Å². The van der Waals surface area contributed by atoms with E-state index in [1.807, 2.05) is 28.8 Å². The Labute approximate surface area is 119 Å². The molecule has 0 fully saturated rings. The number of benzene rings is 1. The van der Waals surface area contributed by atoms with Crippen molar-refractivity contribution in [2.45, 2.75) is 19.6 Å². The van der Waals surface area contributed by atoms with E-state index in [2.05, 4.69) is 20.9 Å². The van der Waals surface area contributed by atoms with Gasteiger partial charge in [0.1, 0.15) is 0 Å². The van der Waals surface area contributed by atoms with E-state index in [-0.39, 0.29) is 0 Å². The van der Waals surface area contributed by atoms with E-state index < -0.39 is 0 Å². The van der Waals surface area contributed by atoms with Crippen LogP contribution < -0.4 is 11.5 Å². The van der Waals surface area contributed by atoms with Crippen LogP contribution in [0, 0.1) is 0 Å². The molecule has 0 spiro atoms. The molecule has 1 aromatic carbocycles. The van der Waals surface area contributed by atoms with Crippen LogP contribution in [0.3, 0.4) is 0 Å². The zero-order valence-electron chi connectivity index (χ0n) is 9.74. The monoisotopic (exact) mass is 328 g/mol. The molecule has 0 aliphatic rings. The predicted octanol–water partition coefficient (Wildman–Crippen LogP) is 2.26. The van der Waals surface area contributed by atoms with Crippen molar-refractivity contribution in [1.82, 2.24) is 9.55 Å². The van der Waals surface area contributed by atoms with Gasteiger partial charge in [-0.25, -0.2) is 4.98 Å². The zero-order valence-corrected chi connectivity index (χ0v) is 12.1. The Bertz CT molecular complexity index is 536. The van der Waals surface area contributed by atoms with Crippen LogP contribution in [0.15, 0.2) is 29.0 Å². The molecule has 2 aromatic rings. The number of nitrogens with zero attached hydrogens (tertiary/aromatic N) is 2. The lowest BCUT2D eigenvalue weighted by Gasteiger charge is -2.09. The van der Waals surface area contributed by atoms with Gasteiger partial charge in [0.15, 0.2) is 4.73 Å². The van der Waals surface area contributed by atoms with E-state index in [1.165, 1.54) is 0 Å². The Morgan fingerprint density at radius 3 is 2.39 bits per heavy atom. The number of nitrogens with two attached hydrogens (primary N) is 2. The van der Waals surface area contributed by atoms with Gasteiger partial charge in [-0.15, -0.1) is 0 Å². The topological polar surface area (TPSA) is 69.9 Å². The summed E-state index contributed by atoms with van der Waals surface area (Å²) in [6.45, 7) is 1.49. The van der Waals surface area contributed by atoms with Gasteiger partial charge in [-0.1, -0.05) is 23.7 Å². The molecule has 0 aliphatic carbocycles. The van der Waals surface area contributed by atoms with Gasteiger partial charge in [0.2, 0.25) is 0 Å². The molecule has 1 heterocycles. The Balaban J connectivity index is 2.33. The molecule has 0 amide bonds. The van der Waals surface area contributed by atoms with Gasteiger partial charge in [-0.05, 0) is 33.6 Å². The number of imidazole rings is 1. The van der Waals surface area contributed by atoms with E-state index in [0.29, 0.717) is 19.6 Å². The first-order valence-corrected chi connectivity index (χ1v) is 6.71. The highest BCUT2D eigenvalue weighted by atomic mass is 79.9. The third-order valence-electron chi connectivity index (χ3n) is 2.75. The van der Waals surface area contributed by atoms with Gasteiger partial charge in [0, 0.05) is 24.7 Å². The lowest BCUT2D eigenvalue weighted by molar-refractivity contribution is 0.718. The Morgan fingerprint density at radius 1 is 1.17 bits per heavy atom. The standard InChI is InChI=1S/C12H14BrClN4/c13-12-17-10(5-15)11(6-16)18(12)7-8-1-3-9(14)4-2-8/h1-4H,5-7,15-16H2. The Hall–Kier alpha value is -0.880. The average Bonchev–Trinajstić information content (AvgIpc) is 2.68. The zero-order chi connectivity index (χ0) is 13.1. The second-order valence-electron chi connectivity index (χ2n) is 3.90. The highest BCUT2D eigenvalue weighted by molar-refractivity contribution is 9.10. The van der Waals surface area contributed by atoms with E-state index in [9.17, 15) is 0 Å². The predicted molar refractivity (Wildman–Crippen MR) is 76.3 cm³/mol. The first kappa shape index (κ1) is 13.5. The molecule has 6 heteroatoms. The molecule has 96 valence electrons. The van der Waals surface area contributed by atoms with Gasteiger partial charge in [-0.3, -0.25) is 0 Å².